The van der Waals surface area contributed by atoms with Gasteiger partial charge in [0.15, 0.2) is 11.0 Å². The molecule has 0 radical (unpaired) electrons. The van der Waals surface area contributed by atoms with E-state index in [0.29, 0.717) is 34.9 Å². The maximum atomic E-state index is 12.7. The lowest BCUT2D eigenvalue weighted by Gasteiger charge is -2.33. The van der Waals surface area contributed by atoms with Crippen LogP contribution >= 0.6 is 34.7 Å². The second-order valence-electron chi connectivity index (χ2n) is 9.71. The van der Waals surface area contributed by atoms with Crippen LogP contribution < -0.4 is 5.32 Å². The number of piperidine rings is 1. The second kappa shape index (κ2) is 13.0. The molecular weight excluding hydrogens is 550 g/mol. The summed E-state index contributed by atoms with van der Waals surface area (Å²) < 4.78 is 2.02. The van der Waals surface area contributed by atoms with E-state index in [2.05, 4.69) is 37.3 Å². The lowest BCUT2D eigenvalue weighted by atomic mass is 10.0. The van der Waals surface area contributed by atoms with Gasteiger partial charge in [-0.2, -0.15) is 0 Å². The number of nitrogens with one attached hydrogen (secondary N) is 1. The van der Waals surface area contributed by atoms with Crippen LogP contribution in [0.2, 0.25) is 5.02 Å². The van der Waals surface area contributed by atoms with Gasteiger partial charge in [-0.15, -0.1) is 21.5 Å². The maximum Gasteiger partial charge on any atom is 0.270 e. The number of thioether (sulfide) groups is 1. The Hall–Kier alpha value is -2.79. The van der Waals surface area contributed by atoms with Crippen molar-refractivity contribution in [2.24, 2.45) is 0 Å². The average molecular weight is 582 g/mol. The van der Waals surface area contributed by atoms with Crippen molar-refractivity contribution < 1.29 is 4.79 Å². The summed E-state index contributed by atoms with van der Waals surface area (Å²) in [4.78, 5) is 23.9. The van der Waals surface area contributed by atoms with Crippen molar-refractivity contribution >= 4 is 40.6 Å². The van der Waals surface area contributed by atoms with E-state index in [1.807, 2.05) is 47.2 Å². The Bertz CT molecular complexity index is 1410. The highest BCUT2D eigenvalue weighted by Gasteiger charge is 2.20. The van der Waals surface area contributed by atoms with Crippen molar-refractivity contribution in [3.63, 3.8) is 0 Å². The number of rotatable bonds is 10. The zero-order chi connectivity index (χ0) is 27.2. The summed E-state index contributed by atoms with van der Waals surface area (Å²) in [6.45, 7) is 7.18. The zero-order valence-corrected chi connectivity index (χ0v) is 24.5. The van der Waals surface area contributed by atoms with E-state index in [-0.39, 0.29) is 5.91 Å². The number of benzene rings is 1. The quantitative estimate of drug-likeness (QED) is 0.180. The predicted molar refractivity (Wildman–Crippen MR) is 158 cm³/mol. The fourth-order valence-electron chi connectivity index (χ4n) is 4.76. The molecule has 1 unspecified atom stereocenters. The summed E-state index contributed by atoms with van der Waals surface area (Å²) in [5, 5.41) is 16.1. The fraction of sp³-hybridized carbons (Fsp3) is 0.393. The standard InChI is InChI=1S/C28H32ClN7OS2/c1-19-7-8-22(29)16-24(19)36-26(21-9-12-30-13-10-21)33-34-28(36)39-18-25-32-23(17-38-25)27(37)31-11-5-15-35-14-4-3-6-20(35)2/h7-10,12-13,16-17,20H,3-6,11,14-15,18H2,1-2H3,(H,31,37). The molecule has 8 nitrogen and oxygen atoms in total. The van der Waals surface area contributed by atoms with Gasteiger partial charge in [0.25, 0.3) is 5.91 Å². The van der Waals surface area contributed by atoms with Crippen molar-refractivity contribution in [1.82, 2.24) is 34.9 Å². The van der Waals surface area contributed by atoms with E-state index in [1.165, 1.54) is 42.4 Å². The molecule has 1 fully saturated rings. The first kappa shape index (κ1) is 27.8. The average Bonchev–Trinajstić information content (AvgIpc) is 3.60. The molecule has 0 bridgehead atoms. The Morgan fingerprint density at radius 2 is 2.05 bits per heavy atom. The minimum atomic E-state index is -0.119. The molecule has 1 saturated heterocycles. The summed E-state index contributed by atoms with van der Waals surface area (Å²) in [6.07, 6.45) is 8.29. The molecular formula is C28H32ClN7OS2. The van der Waals surface area contributed by atoms with Crippen molar-refractivity contribution in [1.29, 1.82) is 0 Å². The Labute approximate surface area is 242 Å². The van der Waals surface area contributed by atoms with Crippen LogP contribution in [-0.2, 0) is 5.75 Å². The lowest BCUT2D eigenvalue weighted by molar-refractivity contribution is 0.0944. The van der Waals surface area contributed by atoms with Crippen molar-refractivity contribution in [3.05, 3.63) is 69.4 Å². The molecule has 0 spiro atoms. The molecule has 1 N–H and O–H groups in total. The highest BCUT2D eigenvalue weighted by Crippen LogP contribution is 2.32. The number of aromatic nitrogens is 5. The van der Waals surface area contributed by atoms with Crippen LogP contribution in [0.15, 0.2) is 53.3 Å². The van der Waals surface area contributed by atoms with Crippen molar-refractivity contribution in [3.8, 4) is 17.1 Å². The van der Waals surface area contributed by atoms with Gasteiger partial charge >= 0.3 is 0 Å². The van der Waals surface area contributed by atoms with Gasteiger partial charge in [-0.25, -0.2) is 4.98 Å². The molecule has 1 amide bonds. The van der Waals surface area contributed by atoms with E-state index >= 15 is 0 Å². The van der Waals surface area contributed by atoms with E-state index < -0.39 is 0 Å². The topological polar surface area (TPSA) is 88.8 Å². The Morgan fingerprint density at radius 1 is 1.21 bits per heavy atom. The Kier molecular flexibility index (Phi) is 9.28. The van der Waals surface area contributed by atoms with Crippen molar-refractivity contribution in [2.75, 3.05) is 19.6 Å². The molecule has 0 saturated carbocycles. The van der Waals surface area contributed by atoms with E-state index in [0.717, 1.165) is 46.5 Å². The molecule has 1 atom stereocenters. The number of hydrogen-bond donors (Lipinski definition) is 1. The minimum absolute atomic E-state index is 0.119. The predicted octanol–water partition coefficient (Wildman–Crippen LogP) is 6.03. The first-order valence-corrected chi connectivity index (χ1v) is 15.5. The van der Waals surface area contributed by atoms with E-state index in [4.69, 9.17) is 11.6 Å². The summed E-state index contributed by atoms with van der Waals surface area (Å²) >= 11 is 9.37. The SMILES string of the molecule is Cc1ccc(Cl)cc1-n1c(SCc2nc(C(=O)NCCCN3CCCCC3C)cs2)nnc1-c1ccncc1. The van der Waals surface area contributed by atoms with Crippen LogP contribution in [0.3, 0.4) is 0 Å². The first-order chi connectivity index (χ1) is 19.0. The summed E-state index contributed by atoms with van der Waals surface area (Å²) in [6, 6.07) is 10.2. The van der Waals surface area contributed by atoms with Crippen LogP contribution in [0, 0.1) is 6.92 Å². The third-order valence-electron chi connectivity index (χ3n) is 6.94. The molecule has 11 heteroatoms. The molecule has 5 rings (SSSR count). The number of pyridine rings is 1. The number of thiazole rings is 1. The van der Waals surface area contributed by atoms with Gasteiger partial charge in [-0.1, -0.05) is 35.9 Å². The van der Waals surface area contributed by atoms with E-state index in [1.54, 1.807) is 12.4 Å². The number of nitrogens with zero attached hydrogens (tertiary/aromatic N) is 6. The number of carbonyl (C=O) groups is 1. The normalized spacial score (nSPS) is 15.9. The molecule has 1 aliphatic rings. The summed E-state index contributed by atoms with van der Waals surface area (Å²) in [5.74, 6) is 1.16. The molecule has 4 aromatic rings. The van der Waals surface area contributed by atoms with Gasteiger partial charge in [-0.05, 0) is 69.5 Å². The molecule has 39 heavy (non-hydrogen) atoms. The molecule has 1 aromatic carbocycles. The molecule has 204 valence electrons. The summed E-state index contributed by atoms with van der Waals surface area (Å²) in [7, 11) is 0. The van der Waals surface area contributed by atoms with Gasteiger partial charge < -0.3 is 10.2 Å². The first-order valence-electron chi connectivity index (χ1n) is 13.2. The highest BCUT2D eigenvalue weighted by molar-refractivity contribution is 7.98. The number of hydrogen-bond acceptors (Lipinski definition) is 8. The molecule has 1 aliphatic heterocycles. The molecule has 0 aliphatic carbocycles. The largest absolute Gasteiger partial charge is 0.351 e. The van der Waals surface area contributed by atoms with Crippen LogP contribution in [0.1, 0.15) is 53.7 Å². The van der Waals surface area contributed by atoms with Crippen LogP contribution in [0.25, 0.3) is 17.1 Å². The van der Waals surface area contributed by atoms with Gasteiger partial charge in [0, 0.05) is 47.5 Å². The third kappa shape index (κ3) is 6.87. The lowest BCUT2D eigenvalue weighted by Crippen LogP contribution is -2.39. The van der Waals surface area contributed by atoms with Crippen LogP contribution in [0.5, 0.6) is 0 Å². The number of aryl methyl sites for hydroxylation is 1. The number of amides is 1. The highest BCUT2D eigenvalue weighted by atomic mass is 35.5. The van der Waals surface area contributed by atoms with Crippen molar-refractivity contribution in [2.45, 2.75) is 56.5 Å². The number of likely N-dealkylation sites (tertiary alicyclic amines) is 1. The van der Waals surface area contributed by atoms with Crippen LogP contribution in [0.4, 0.5) is 0 Å². The number of carbonyl (C=O) groups excluding carboxylic acids is 1. The minimum Gasteiger partial charge on any atom is -0.351 e. The van der Waals surface area contributed by atoms with E-state index in [9.17, 15) is 4.79 Å². The van der Waals surface area contributed by atoms with Crippen LogP contribution in [-0.4, -0.2) is 61.2 Å². The number of halogens is 1. The summed E-state index contributed by atoms with van der Waals surface area (Å²) in [5.41, 5.74) is 3.34. The Balaban J connectivity index is 1.23. The zero-order valence-electron chi connectivity index (χ0n) is 22.1. The van der Waals surface area contributed by atoms with Gasteiger partial charge in [0.2, 0.25) is 0 Å². The Morgan fingerprint density at radius 3 is 2.87 bits per heavy atom. The molecule has 3 aromatic heterocycles. The second-order valence-corrected chi connectivity index (χ2v) is 12.0. The fourth-order valence-corrected chi connectivity index (χ4v) is 6.67. The molecule has 4 heterocycles. The monoisotopic (exact) mass is 581 g/mol. The van der Waals surface area contributed by atoms with Gasteiger partial charge in [0.1, 0.15) is 10.7 Å². The van der Waals surface area contributed by atoms with Gasteiger partial charge in [-0.3, -0.25) is 14.3 Å². The third-order valence-corrected chi connectivity index (χ3v) is 9.15. The maximum absolute atomic E-state index is 12.7. The smallest absolute Gasteiger partial charge is 0.270 e. The van der Waals surface area contributed by atoms with Gasteiger partial charge in [0.05, 0.1) is 11.4 Å².